The van der Waals surface area contributed by atoms with E-state index in [1.165, 1.54) is 5.56 Å². The number of ether oxygens (including phenoxy) is 1. The van der Waals surface area contributed by atoms with Gasteiger partial charge in [-0.3, -0.25) is 0 Å². The Hall–Kier alpha value is -2.54. The lowest BCUT2D eigenvalue weighted by Gasteiger charge is -2.10. The molecule has 0 aliphatic rings. The summed E-state index contributed by atoms with van der Waals surface area (Å²) in [5.41, 5.74) is 4.45. The van der Waals surface area contributed by atoms with Crippen LogP contribution in [0, 0.1) is 18.3 Å². The van der Waals surface area contributed by atoms with Crippen LogP contribution in [0.3, 0.4) is 0 Å². The third kappa shape index (κ3) is 5.01. The standard InChI is InChI=1S/C23H17BrClNO/c1-16-5-4-6-18(11-16)15-27-23-10-9-17(13-21(23)24)12-19(14-26)20-7-2-3-8-22(20)25/h2-13H,15H2,1H3. The van der Waals surface area contributed by atoms with Gasteiger partial charge in [0.15, 0.2) is 0 Å². The molecule has 0 aliphatic heterocycles. The molecule has 0 spiro atoms. The Morgan fingerprint density at radius 2 is 1.93 bits per heavy atom. The third-order valence-corrected chi connectivity index (χ3v) is 4.98. The molecular weight excluding hydrogens is 422 g/mol. The van der Waals surface area contributed by atoms with E-state index in [0.717, 1.165) is 26.9 Å². The number of hydrogen-bond donors (Lipinski definition) is 0. The Balaban J connectivity index is 1.80. The van der Waals surface area contributed by atoms with Crippen molar-refractivity contribution in [3.8, 4) is 11.8 Å². The molecule has 0 unspecified atom stereocenters. The highest BCUT2D eigenvalue weighted by Gasteiger charge is 2.07. The van der Waals surface area contributed by atoms with Crippen LogP contribution in [0.5, 0.6) is 5.75 Å². The molecule has 0 saturated carbocycles. The fraction of sp³-hybridized carbons (Fsp3) is 0.0870. The van der Waals surface area contributed by atoms with Gasteiger partial charge in [0.1, 0.15) is 12.4 Å². The summed E-state index contributed by atoms with van der Waals surface area (Å²) in [6.45, 7) is 2.56. The molecule has 27 heavy (non-hydrogen) atoms. The van der Waals surface area contributed by atoms with E-state index < -0.39 is 0 Å². The summed E-state index contributed by atoms with van der Waals surface area (Å²) < 4.78 is 6.75. The van der Waals surface area contributed by atoms with Gasteiger partial charge in [0.25, 0.3) is 0 Å². The van der Waals surface area contributed by atoms with E-state index in [1.54, 1.807) is 6.07 Å². The van der Waals surface area contributed by atoms with Crippen LogP contribution in [-0.2, 0) is 6.61 Å². The molecule has 0 aromatic heterocycles. The van der Waals surface area contributed by atoms with Crippen LogP contribution in [0.2, 0.25) is 5.02 Å². The highest BCUT2D eigenvalue weighted by Crippen LogP contribution is 2.30. The zero-order valence-corrected chi connectivity index (χ0v) is 17.1. The Labute approximate surface area is 172 Å². The van der Waals surface area contributed by atoms with Crippen molar-refractivity contribution in [1.82, 2.24) is 0 Å². The summed E-state index contributed by atoms with van der Waals surface area (Å²) in [5, 5.41) is 10.1. The fourth-order valence-corrected chi connectivity index (χ4v) is 3.45. The van der Waals surface area contributed by atoms with Crippen LogP contribution in [-0.4, -0.2) is 0 Å². The average Bonchev–Trinajstić information content (AvgIpc) is 2.66. The molecule has 0 fully saturated rings. The van der Waals surface area contributed by atoms with Gasteiger partial charge in [-0.2, -0.15) is 5.26 Å². The molecule has 0 radical (unpaired) electrons. The summed E-state index contributed by atoms with van der Waals surface area (Å²) in [7, 11) is 0. The summed E-state index contributed by atoms with van der Waals surface area (Å²) in [6, 6.07) is 23.5. The van der Waals surface area contributed by atoms with Gasteiger partial charge in [-0.1, -0.05) is 65.7 Å². The summed E-state index contributed by atoms with van der Waals surface area (Å²) in [6.07, 6.45) is 1.82. The van der Waals surface area contributed by atoms with Gasteiger partial charge in [-0.15, -0.1) is 0 Å². The minimum absolute atomic E-state index is 0.499. The molecule has 0 atom stereocenters. The lowest BCUT2D eigenvalue weighted by atomic mass is 10.0. The van der Waals surface area contributed by atoms with Crippen LogP contribution < -0.4 is 4.74 Å². The van der Waals surface area contributed by atoms with Crippen LogP contribution in [0.1, 0.15) is 22.3 Å². The molecule has 0 amide bonds. The van der Waals surface area contributed by atoms with E-state index in [9.17, 15) is 5.26 Å². The largest absolute Gasteiger partial charge is 0.488 e. The fourth-order valence-electron chi connectivity index (χ4n) is 2.70. The van der Waals surface area contributed by atoms with Gasteiger partial charge in [-0.25, -0.2) is 0 Å². The summed E-state index contributed by atoms with van der Waals surface area (Å²) in [5.74, 6) is 0.755. The SMILES string of the molecule is Cc1cccc(COc2ccc(C=C(C#N)c3ccccc3Cl)cc2Br)c1. The number of benzene rings is 3. The van der Waals surface area contributed by atoms with Gasteiger partial charge in [0.05, 0.1) is 16.1 Å². The lowest BCUT2D eigenvalue weighted by molar-refractivity contribution is 0.304. The molecule has 2 nitrogen and oxygen atoms in total. The molecule has 0 bridgehead atoms. The number of halogens is 2. The van der Waals surface area contributed by atoms with Crippen molar-refractivity contribution in [2.24, 2.45) is 0 Å². The maximum atomic E-state index is 9.51. The summed E-state index contributed by atoms with van der Waals surface area (Å²) >= 11 is 9.76. The predicted molar refractivity (Wildman–Crippen MR) is 115 cm³/mol. The van der Waals surface area contributed by atoms with Crippen molar-refractivity contribution < 1.29 is 4.74 Å². The second kappa shape index (κ2) is 8.90. The topological polar surface area (TPSA) is 33.0 Å². The van der Waals surface area contributed by atoms with Gasteiger partial charge in [-0.05, 0) is 58.3 Å². The molecule has 0 heterocycles. The summed E-state index contributed by atoms with van der Waals surface area (Å²) in [4.78, 5) is 0. The Bertz CT molecular complexity index is 1040. The molecule has 0 aliphatic carbocycles. The van der Waals surface area contributed by atoms with Crippen molar-refractivity contribution in [2.75, 3.05) is 0 Å². The maximum absolute atomic E-state index is 9.51. The number of aryl methyl sites for hydroxylation is 1. The maximum Gasteiger partial charge on any atom is 0.134 e. The highest BCUT2D eigenvalue weighted by molar-refractivity contribution is 9.10. The van der Waals surface area contributed by atoms with Crippen LogP contribution >= 0.6 is 27.5 Å². The minimum Gasteiger partial charge on any atom is -0.488 e. The van der Waals surface area contributed by atoms with Crippen molar-refractivity contribution in [2.45, 2.75) is 13.5 Å². The Morgan fingerprint density at radius 3 is 2.63 bits per heavy atom. The first-order valence-corrected chi connectivity index (χ1v) is 9.58. The average molecular weight is 439 g/mol. The Kier molecular flexibility index (Phi) is 6.34. The molecule has 3 aromatic rings. The van der Waals surface area contributed by atoms with Crippen LogP contribution in [0.25, 0.3) is 11.6 Å². The van der Waals surface area contributed by atoms with Gasteiger partial charge in [0, 0.05) is 10.6 Å². The number of hydrogen-bond acceptors (Lipinski definition) is 2. The molecule has 0 N–H and O–H groups in total. The van der Waals surface area contributed by atoms with Crippen molar-refractivity contribution in [3.63, 3.8) is 0 Å². The smallest absolute Gasteiger partial charge is 0.134 e. The first-order chi connectivity index (χ1) is 13.1. The third-order valence-electron chi connectivity index (χ3n) is 4.03. The minimum atomic E-state index is 0.499. The normalized spacial score (nSPS) is 11.1. The van der Waals surface area contributed by atoms with Crippen LogP contribution in [0.4, 0.5) is 0 Å². The zero-order valence-electron chi connectivity index (χ0n) is 14.7. The highest BCUT2D eigenvalue weighted by atomic mass is 79.9. The first kappa shape index (κ1) is 19.2. The van der Waals surface area contributed by atoms with Gasteiger partial charge >= 0.3 is 0 Å². The quantitative estimate of drug-likeness (QED) is 0.316. The Morgan fingerprint density at radius 1 is 1.11 bits per heavy atom. The van der Waals surface area contributed by atoms with Gasteiger partial charge < -0.3 is 4.74 Å². The van der Waals surface area contributed by atoms with E-state index >= 15 is 0 Å². The van der Waals surface area contributed by atoms with Crippen molar-refractivity contribution in [1.29, 1.82) is 5.26 Å². The number of nitrogens with zero attached hydrogens (tertiary/aromatic N) is 1. The predicted octanol–water partition coefficient (Wildman–Crippen LogP) is 7.05. The monoisotopic (exact) mass is 437 g/mol. The zero-order chi connectivity index (χ0) is 19.2. The number of nitriles is 1. The van der Waals surface area contributed by atoms with E-state index in [1.807, 2.05) is 54.6 Å². The first-order valence-electron chi connectivity index (χ1n) is 8.41. The number of allylic oxidation sites excluding steroid dienone is 1. The van der Waals surface area contributed by atoms with E-state index in [4.69, 9.17) is 16.3 Å². The van der Waals surface area contributed by atoms with E-state index in [0.29, 0.717) is 17.2 Å². The second-order valence-electron chi connectivity index (χ2n) is 6.12. The molecule has 134 valence electrons. The van der Waals surface area contributed by atoms with E-state index in [-0.39, 0.29) is 0 Å². The van der Waals surface area contributed by atoms with Gasteiger partial charge in [0.2, 0.25) is 0 Å². The molecule has 0 saturated heterocycles. The second-order valence-corrected chi connectivity index (χ2v) is 7.38. The van der Waals surface area contributed by atoms with Crippen molar-refractivity contribution >= 4 is 39.2 Å². The molecule has 4 heteroatoms. The molecular formula is C23H17BrClNO. The van der Waals surface area contributed by atoms with Crippen LogP contribution in [0.15, 0.2) is 71.2 Å². The number of rotatable bonds is 5. The van der Waals surface area contributed by atoms with Crippen molar-refractivity contribution in [3.05, 3.63) is 98.5 Å². The van der Waals surface area contributed by atoms with E-state index in [2.05, 4.69) is 41.1 Å². The molecule has 3 aromatic carbocycles. The molecule has 3 rings (SSSR count). The lowest BCUT2D eigenvalue weighted by Crippen LogP contribution is -1.96.